The van der Waals surface area contributed by atoms with Crippen LogP contribution in [0, 0.1) is 15.9 Å². The number of H-pyrrole nitrogens is 1. The molecular formula is C15H17FN4O4. The van der Waals surface area contributed by atoms with E-state index in [1.807, 2.05) is 6.92 Å². The third-order valence-electron chi connectivity index (χ3n) is 3.43. The maximum Gasteiger partial charge on any atom is 0.322 e. The molecule has 0 saturated heterocycles. The van der Waals surface area contributed by atoms with Crippen LogP contribution in [0.5, 0.6) is 0 Å². The zero-order chi connectivity index (χ0) is 17.7. The van der Waals surface area contributed by atoms with Crippen LogP contribution in [0.3, 0.4) is 0 Å². The summed E-state index contributed by atoms with van der Waals surface area (Å²) in [6.07, 6.45) is -0.242. The molecule has 9 heteroatoms. The van der Waals surface area contributed by atoms with E-state index in [1.54, 1.807) is 6.07 Å². The molecule has 24 heavy (non-hydrogen) atoms. The number of aliphatic hydroxyl groups excluding tert-OH is 1. The monoisotopic (exact) mass is 336 g/mol. The number of rotatable bonds is 7. The fraction of sp³-hybridized carbons (Fsp3) is 0.333. The predicted octanol–water partition coefficient (Wildman–Crippen LogP) is 1.87. The summed E-state index contributed by atoms with van der Waals surface area (Å²) in [6, 6.07) is 5.62. The van der Waals surface area contributed by atoms with Gasteiger partial charge in [-0.05, 0) is 12.5 Å². The summed E-state index contributed by atoms with van der Waals surface area (Å²) < 4.78 is 13.6. The molecule has 1 atom stereocenters. The molecule has 1 aromatic carbocycles. The minimum Gasteiger partial charge on any atom is -0.386 e. The summed E-state index contributed by atoms with van der Waals surface area (Å²) in [6.45, 7) is 1.54. The van der Waals surface area contributed by atoms with Crippen LogP contribution in [0.1, 0.15) is 41.2 Å². The highest BCUT2D eigenvalue weighted by Crippen LogP contribution is 2.22. The highest BCUT2D eigenvalue weighted by atomic mass is 19.1. The van der Waals surface area contributed by atoms with Crippen molar-refractivity contribution in [3.8, 4) is 0 Å². The Labute approximate surface area is 136 Å². The number of amides is 1. The van der Waals surface area contributed by atoms with Crippen LogP contribution >= 0.6 is 0 Å². The van der Waals surface area contributed by atoms with E-state index in [-0.39, 0.29) is 29.2 Å². The number of nitrogens with one attached hydrogen (secondary N) is 2. The van der Waals surface area contributed by atoms with E-state index in [2.05, 4.69) is 15.5 Å². The van der Waals surface area contributed by atoms with Gasteiger partial charge in [0.2, 0.25) is 5.69 Å². The van der Waals surface area contributed by atoms with Gasteiger partial charge < -0.3 is 10.4 Å². The number of benzene rings is 1. The number of halogens is 1. The SMILES string of the molecule is CCCc1[nH]nc(C(=O)NCC(O)c2ccccc2F)c1[N+](=O)[O-]. The minimum atomic E-state index is -1.27. The minimum absolute atomic E-state index is 0.0287. The molecule has 1 unspecified atom stereocenters. The summed E-state index contributed by atoms with van der Waals surface area (Å²) in [5.41, 5.74) is -0.442. The van der Waals surface area contributed by atoms with Crippen LogP contribution in [0.2, 0.25) is 0 Å². The highest BCUT2D eigenvalue weighted by molar-refractivity contribution is 5.96. The molecule has 128 valence electrons. The van der Waals surface area contributed by atoms with Gasteiger partial charge in [0.25, 0.3) is 5.91 Å². The lowest BCUT2D eigenvalue weighted by Crippen LogP contribution is -2.29. The highest BCUT2D eigenvalue weighted by Gasteiger charge is 2.29. The standard InChI is InChI=1S/C15H17FN4O4/c1-2-5-11-14(20(23)24)13(19-18-11)15(22)17-8-12(21)9-6-3-4-7-10(9)16/h3-4,6-7,12,21H,2,5,8H2,1H3,(H,17,22)(H,18,19). The third kappa shape index (κ3) is 3.74. The molecule has 0 spiro atoms. The molecule has 2 aromatic rings. The molecule has 0 aliphatic carbocycles. The zero-order valence-corrected chi connectivity index (χ0v) is 13.0. The Balaban J connectivity index is 2.10. The number of hydrogen-bond donors (Lipinski definition) is 3. The number of nitro groups is 1. The molecule has 0 bridgehead atoms. The van der Waals surface area contributed by atoms with Gasteiger partial charge in [-0.3, -0.25) is 20.0 Å². The first kappa shape index (κ1) is 17.5. The Hall–Kier alpha value is -2.81. The Morgan fingerprint density at radius 2 is 2.21 bits per heavy atom. The van der Waals surface area contributed by atoms with E-state index in [0.717, 1.165) is 0 Å². The van der Waals surface area contributed by atoms with Gasteiger partial charge in [-0.25, -0.2) is 4.39 Å². The Morgan fingerprint density at radius 3 is 2.83 bits per heavy atom. The van der Waals surface area contributed by atoms with Gasteiger partial charge in [-0.2, -0.15) is 5.10 Å². The van der Waals surface area contributed by atoms with Gasteiger partial charge in [-0.15, -0.1) is 0 Å². The van der Waals surface area contributed by atoms with Gasteiger partial charge in [0.05, 0.1) is 11.0 Å². The number of aromatic amines is 1. The van der Waals surface area contributed by atoms with Crippen molar-refractivity contribution in [1.29, 1.82) is 0 Å². The van der Waals surface area contributed by atoms with Crippen LogP contribution in [0.4, 0.5) is 10.1 Å². The second-order valence-corrected chi connectivity index (χ2v) is 5.15. The second-order valence-electron chi connectivity index (χ2n) is 5.15. The average molecular weight is 336 g/mol. The fourth-order valence-corrected chi connectivity index (χ4v) is 2.28. The first-order chi connectivity index (χ1) is 11.5. The van der Waals surface area contributed by atoms with Crippen LogP contribution in [0.25, 0.3) is 0 Å². The lowest BCUT2D eigenvalue weighted by atomic mass is 10.1. The quantitative estimate of drug-likeness (QED) is 0.526. The third-order valence-corrected chi connectivity index (χ3v) is 3.43. The van der Waals surface area contributed by atoms with Crippen LogP contribution in [0.15, 0.2) is 24.3 Å². The topological polar surface area (TPSA) is 121 Å². The molecule has 1 aromatic heterocycles. The number of carbonyl (C=O) groups excluding carboxylic acids is 1. The lowest BCUT2D eigenvalue weighted by Gasteiger charge is -2.12. The van der Waals surface area contributed by atoms with Crippen molar-refractivity contribution in [3.05, 3.63) is 57.1 Å². The number of hydrogen-bond acceptors (Lipinski definition) is 5. The summed E-state index contributed by atoms with van der Waals surface area (Å²) in [4.78, 5) is 22.6. The smallest absolute Gasteiger partial charge is 0.322 e. The first-order valence-corrected chi connectivity index (χ1v) is 7.38. The molecule has 8 nitrogen and oxygen atoms in total. The van der Waals surface area contributed by atoms with E-state index in [1.165, 1.54) is 18.2 Å². The summed E-state index contributed by atoms with van der Waals surface area (Å²) >= 11 is 0. The molecule has 2 rings (SSSR count). The van der Waals surface area contributed by atoms with Crippen molar-refractivity contribution in [2.24, 2.45) is 0 Å². The van der Waals surface area contributed by atoms with E-state index in [0.29, 0.717) is 12.8 Å². The largest absolute Gasteiger partial charge is 0.386 e. The summed E-state index contributed by atoms with van der Waals surface area (Å²) in [5, 5.41) is 29.6. The van der Waals surface area contributed by atoms with Gasteiger partial charge in [0, 0.05) is 12.1 Å². The van der Waals surface area contributed by atoms with E-state index < -0.39 is 22.8 Å². The summed E-state index contributed by atoms with van der Waals surface area (Å²) in [5.74, 6) is -1.41. The maximum absolute atomic E-state index is 13.6. The van der Waals surface area contributed by atoms with Gasteiger partial charge in [0.15, 0.2) is 0 Å². The van der Waals surface area contributed by atoms with E-state index in [9.17, 15) is 24.4 Å². The molecular weight excluding hydrogens is 319 g/mol. The predicted molar refractivity (Wildman–Crippen MR) is 82.9 cm³/mol. The van der Waals surface area contributed by atoms with Crippen molar-refractivity contribution >= 4 is 11.6 Å². The molecule has 0 aliphatic rings. The molecule has 0 saturated carbocycles. The lowest BCUT2D eigenvalue weighted by molar-refractivity contribution is -0.385. The van der Waals surface area contributed by atoms with Crippen molar-refractivity contribution in [2.75, 3.05) is 6.54 Å². The fourth-order valence-electron chi connectivity index (χ4n) is 2.28. The van der Waals surface area contributed by atoms with Crippen molar-refractivity contribution < 1.29 is 19.2 Å². The summed E-state index contributed by atoms with van der Waals surface area (Å²) in [7, 11) is 0. The number of aryl methyl sites for hydroxylation is 1. The van der Waals surface area contributed by atoms with Gasteiger partial charge in [0.1, 0.15) is 11.5 Å². The first-order valence-electron chi connectivity index (χ1n) is 7.38. The van der Waals surface area contributed by atoms with Crippen molar-refractivity contribution in [3.63, 3.8) is 0 Å². The molecule has 3 N–H and O–H groups in total. The van der Waals surface area contributed by atoms with Crippen LogP contribution in [-0.2, 0) is 6.42 Å². The molecule has 1 amide bonds. The second kappa shape index (κ2) is 7.64. The van der Waals surface area contributed by atoms with E-state index in [4.69, 9.17) is 0 Å². The number of aliphatic hydroxyl groups is 1. The number of carbonyl (C=O) groups is 1. The van der Waals surface area contributed by atoms with E-state index >= 15 is 0 Å². The van der Waals surface area contributed by atoms with Gasteiger partial charge in [-0.1, -0.05) is 31.5 Å². The van der Waals surface area contributed by atoms with Crippen LogP contribution in [-0.4, -0.2) is 32.7 Å². The molecule has 0 fully saturated rings. The molecule has 0 aliphatic heterocycles. The maximum atomic E-state index is 13.6. The van der Waals surface area contributed by atoms with Crippen molar-refractivity contribution in [2.45, 2.75) is 25.9 Å². The average Bonchev–Trinajstić information content (AvgIpc) is 2.97. The van der Waals surface area contributed by atoms with Gasteiger partial charge >= 0.3 is 5.69 Å². The Bertz CT molecular complexity index is 747. The zero-order valence-electron chi connectivity index (χ0n) is 13.0. The van der Waals surface area contributed by atoms with Crippen LogP contribution < -0.4 is 5.32 Å². The molecule has 0 radical (unpaired) electrons. The molecule has 1 heterocycles. The number of aromatic nitrogens is 2. The van der Waals surface area contributed by atoms with Crippen molar-refractivity contribution in [1.82, 2.24) is 15.5 Å². The normalized spacial score (nSPS) is 12.0. The number of nitrogens with zero attached hydrogens (tertiary/aromatic N) is 2. The Morgan fingerprint density at radius 1 is 1.50 bits per heavy atom. The Kier molecular flexibility index (Phi) is 5.59.